The van der Waals surface area contributed by atoms with Crippen molar-refractivity contribution in [1.29, 1.82) is 0 Å². The number of likely N-dealkylation sites (N-methyl/N-ethyl adjacent to an activating group) is 1. The Labute approximate surface area is 73.4 Å². The molecule has 0 unspecified atom stereocenters. The molecule has 12 heavy (non-hydrogen) atoms. The molecule has 0 saturated carbocycles. The van der Waals surface area contributed by atoms with Crippen LogP contribution in [0.4, 0.5) is 4.79 Å². The summed E-state index contributed by atoms with van der Waals surface area (Å²) in [4.78, 5) is 12.7. The first-order chi connectivity index (χ1) is 5.66. The van der Waals surface area contributed by atoms with Crippen LogP contribution in [0, 0.1) is 0 Å². The van der Waals surface area contributed by atoms with E-state index < -0.39 is 6.16 Å². The average molecular weight is 175 g/mol. The van der Waals surface area contributed by atoms with Gasteiger partial charge in [-0.05, 0) is 20.5 Å². The van der Waals surface area contributed by atoms with E-state index in [1.54, 1.807) is 0 Å². The van der Waals surface area contributed by atoms with Crippen molar-refractivity contribution in [1.82, 2.24) is 4.90 Å². The van der Waals surface area contributed by atoms with Gasteiger partial charge in [0.2, 0.25) is 0 Å². The van der Waals surface area contributed by atoms with Crippen molar-refractivity contribution < 1.29 is 14.3 Å². The van der Waals surface area contributed by atoms with Crippen molar-refractivity contribution in [2.45, 2.75) is 13.3 Å². The summed E-state index contributed by atoms with van der Waals surface area (Å²) in [6.45, 7) is 3.48. The van der Waals surface area contributed by atoms with E-state index in [-0.39, 0.29) is 0 Å². The number of nitrogens with zero attached hydrogens (tertiary/aromatic N) is 1. The average Bonchev–Trinajstić information content (AvgIpc) is 2.00. The van der Waals surface area contributed by atoms with E-state index in [2.05, 4.69) is 0 Å². The lowest BCUT2D eigenvalue weighted by molar-refractivity contribution is 0.0514. The van der Waals surface area contributed by atoms with Crippen LogP contribution in [0.15, 0.2) is 0 Å². The van der Waals surface area contributed by atoms with Gasteiger partial charge in [-0.3, -0.25) is 0 Å². The molecule has 0 radical (unpaired) electrons. The minimum atomic E-state index is -0.571. The molecule has 0 rings (SSSR count). The lowest BCUT2D eigenvalue weighted by atomic mass is 10.5. The first kappa shape index (κ1) is 11.2. The molecule has 0 bridgehead atoms. The molecule has 0 spiro atoms. The highest BCUT2D eigenvalue weighted by atomic mass is 16.7. The van der Waals surface area contributed by atoms with E-state index >= 15 is 0 Å². The third-order valence-electron chi connectivity index (χ3n) is 1.18. The summed E-state index contributed by atoms with van der Waals surface area (Å²) >= 11 is 0. The van der Waals surface area contributed by atoms with Gasteiger partial charge in [-0.2, -0.15) is 0 Å². The van der Waals surface area contributed by atoms with Crippen LogP contribution in [0.25, 0.3) is 0 Å². The Balaban J connectivity index is 3.20. The van der Waals surface area contributed by atoms with Crippen LogP contribution in [0.2, 0.25) is 0 Å². The van der Waals surface area contributed by atoms with Crippen LogP contribution in [-0.4, -0.2) is 44.9 Å². The second kappa shape index (κ2) is 6.91. The summed E-state index contributed by atoms with van der Waals surface area (Å²) < 4.78 is 9.45. The van der Waals surface area contributed by atoms with Gasteiger partial charge in [-0.15, -0.1) is 0 Å². The zero-order valence-corrected chi connectivity index (χ0v) is 8.00. The molecule has 0 aliphatic rings. The third-order valence-corrected chi connectivity index (χ3v) is 1.18. The Morgan fingerprint density at radius 2 is 1.83 bits per heavy atom. The molecule has 4 heteroatoms. The summed E-state index contributed by atoms with van der Waals surface area (Å²) in [7, 11) is 3.83. The van der Waals surface area contributed by atoms with Crippen LogP contribution in [-0.2, 0) is 9.47 Å². The molecule has 72 valence electrons. The van der Waals surface area contributed by atoms with Crippen molar-refractivity contribution in [2.24, 2.45) is 0 Å². The molecule has 0 aromatic rings. The van der Waals surface area contributed by atoms with Crippen LogP contribution in [0.1, 0.15) is 13.3 Å². The number of hydrogen-bond acceptors (Lipinski definition) is 4. The molecule has 0 fully saturated rings. The highest BCUT2D eigenvalue weighted by Crippen LogP contribution is 1.87. The van der Waals surface area contributed by atoms with Gasteiger partial charge >= 0.3 is 6.16 Å². The molecular weight excluding hydrogens is 158 g/mol. The lowest BCUT2D eigenvalue weighted by Crippen LogP contribution is -2.20. The van der Waals surface area contributed by atoms with Crippen molar-refractivity contribution in [3.8, 4) is 0 Å². The fourth-order valence-electron chi connectivity index (χ4n) is 0.539. The highest BCUT2D eigenvalue weighted by molar-refractivity contribution is 5.59. The zero-order chi connectivity index (χ0) is 9.40. The van der Waals surface area contributed by atoms with Crippen LogP contribution < -0.4 is 0 Å². The van der Waals surface area contributed by atoms with Crippen LogP contribution in [0.3, 0.4) is 0 Å². The third kappa shape index (κ3) is 7.34. The number of rotatable bonds is 5. The maximum absolute atomic E-state index is 10.7. The Bertz CT molecular complexity index is 125. The number of hydrogen-bond donors (Lipinski definition) is 0. The fourth-order valence-corrected chi connectivity index (χ4v) is 0.539. The summed E-state index contributed by atoms with van der Waals surface area (Å²) in [5, 5.41) is 0. The van der Waals surface area contributed by atoms with Gasteiger partial charge in [0.25, 0.3) is 0 Å². The van der Waals surface area contributed by atoms with Crippen LogP contribution >= 0.6 is 0 Å². The summed E-state index contributed by atoms with van der Waals surface area (Å²) in [5.41, 5.74) is 0. The van der Waals surface area contributed by atoms with Gasteiger partial charge in [0.05, 0.1) is 6.61 Å². The first-order valence-electron chi connectivity index (χ1n) is 4.11. The molecule has 0 aromatic heterocycles. The van der Waals surface area contributed by atoms with Gasteiger partial charge in [-0.25, -0.2) is 4.79 Å². The molecule has 0 N–H and O–H groups in total. The smallest absolute Gasteiger partial charge is 0.434 e. The van der Waals surface area contributed by atoms with Crippen molar-refractivity contribution in [3.63, 3.8) is 0 Å². The Hall–Kier alpha value is -0.770. The van der Waals surface area contributed by atoms with Crippen molar-refractivity contribution in [2.75, 3.05) is 33.9 Å². The number of carbonyl (C=O) groups is 1. The molecule has 0 aliphatic carbocycles. The SMILES string of the molecule is CCCOC(=O)OCCN(C)C. The largest absolute Gasteiger partial charge is 0.508 e. The molecular formula is C8H17NO3. The Morgan fingerprint density at radius 1 is 1.25 bits per heavy atom. The predicted octanol–water partition coefficient (Wildman–Crippen LogP) is 1.11. The number of carbonyl (C=O) groups excluding carboxylic acids is 1. The highest BCUT2D eigenvalue weighted by Gasteiger charge is 2.01. The molecule has 0 saturated heterocycles. The maximum Gasteiger partial charge on any atom is 0.508 e. The minimum absolute atomic E-state index is 0.384. The summed E-state index contributed by atoms with van der Waals surface area (Å²) in [6, 6.07) is 0. The normalized spacial score (nSPS) is 10.0. The molecule has 0 atom stereocenters. The second-order valence-corrected chi connectivity index (χ2v) is 2.75. The van der Waals surface area contributed by atoms with E-state index in [0.717, 1.165) is 13.0 Å². The molecule has 4 nitrogen and oxygen atoms in total. The van der Waals surface area contributed by atoms with Crippen LogP contribution in [0.5, 0.6) is 0 Å². The van der Waals surface area contributed by atoms with Gasteiger partial charge in [-0.1, -0.05) is 6.92 Å². The monoisotopic (exact) mass is 175 g/mol. The molecule has 0 heterocycles. The van der Waals surface area contributed by atoms with Gasteiger partial charge < -0.3 is 14.4 Å². The minimum Gasteiger partial charge on any atom is -0.434 e. The van der Waals surface area contributed by atoms with Crippen molar-refractivity contribution >= 4 is 6.16 Å². The van der Waals surface area contributed by atoms with E-state index in [1.807, 2.05) is 25.9 Å². The summed E-state index contributed by atoms with van der Waals surface area (Å²) in [6.07, 6.45) is 0.252. The van der Waals surface area contributed by atoms with E-state index in [1.165, 1.54) is 0 Å². The van der Waals surface area contributed by atoms with Gasteiger partial charge in [0, 0.05) is 6.54 Å². The topological polar surface area (TPSA) is 38.8 Å². The molecule has 0 aromatic carbocycles. The molecule has 0 amide bonds. The van der Waals surface area contributed by atoms with Gasteiger partial charge in [0.15, 0.2) is 0 Å². The standard InChI is InChI=1S/C8H17NO3/c1-4-6-11-8(10)12-7-5-9(2)3/h4-7H2,1-3H3. The van der Waals surface area contributed by atoms with E-state index in [4.69, 9.17) is 9.47 Å². The first-order valence-corrected chi connectivity index (χ1v) is 4.11. The zero-order valence-electron chi connectivity index (χ0n) is 8.00. The Morgan fingerprint density at radius 3 is 2.33 bits per heavy atom. The van der Waals surface area contributed by atoms with Crippen molar-refractivity contribution in [3.05, 3.63) is 0 Å². The van der Waals surface area contributed by atoms with E-state index in [9.17, 15) is 4.79 Å². The Kier molecular flexibility index (Phi) is 6.47. The predicted molar refractivity (Wildman–Crippen MR) is 46.1 cm³/mol. The maximum atomic E-state index is 10.7. The summed E-state index contributed by atoms with van der Waals surface area (Å²) in [5.74, 6) is 0. The molecule has 0 aliphatic heterocycles. The second-order valence-electron chi connectivity index (χ2n) is 2.75. The lowest BCUT2D eigenvalue weighted by Gasteiger charge is -2.09. The van der Waals surface area contributed by atoms with Gasteiger partial charge in [0.1, 0.15) is 6.61 Å². The fraction of sp³-hybridized carbons (Fsp3) is 0.875. The number of ether oxygens (including phenoxy) is 2. The van der Waals surface area contributed by atoms with E-state index in [0.29, 0.717) is 13.2 Å². The quantitative estimate of drug-likeness (QED) is 0.587.